The summed E-state index contributed by atoms with van der Waals surface area (Å²) < 4.78 is 35.4. The second-order valence-electron chi connectivity index (χ2n) is 2.98. The van der Waals surface area contributed by atoms with Gasteiger partial charge in [-0.05, 0) is 18.8 Å². The van der Waals surface area contributed by atoms with Crippen molar-refractivity contribution in [2.75, 3.05) is 0 Å². The number of hydrogen-bond donors (Lipinski definition) is 0. The molecule has 12 heavy (non-hydrogen) atoms. The molecule has 1 aliphatic rings. The molecule has 1 aliphatic carbocycles. The highest BCUT2D eigenvalue weighted by Crippen LogP contribution is 2.45. The van der Waals surface area contributed by atoms with Crippen molar-refractivity contribution in [3.05, 3.63) is 0 Å². The molecule has 0 nitrogen and oxygen atoms in total. The fourth-order valence-corrected chi connectivity index (χ4v) is 1.34. The highest BCUT2D eigenvalue weighted by molar-refractivity contribution is 4.83. The topological polar surface area (TPSA) is 0 Å². The molecule has 1 fully saturated rings. The molecule has 74 valence electrons. The van der Waals surface area contributed by atoms with Gasteiger partial charge in [-0.1, -0.05) is 27.2 Å². The highest BCUT2D eigenvalue weighted by Gasteiger charge is 2.46. The lowest BCUT2D eigenvalue weighted by Gasteiger charge is -2.35. The van der Waals surface area contributed by atoms with Crippen LogP contribution in [0.1, 0.15) is 40.0 Å². The van der Waals surface area contributed by atoms with E-state index in [4.69, 9.17) is 0 Å². The minimum Gasteiger partial charge on any atom is -0.171 e. The molecule has 0 aromatic heterocycles. The zero-order valence-electron chi connectivity index (χ0n) is 7.91. The Morgan fingerprint density at radius 1 is 1.17 bits per heavy atom. The average molecular weight is 182 g/mol. The fraction of sp³-hybridized carbons (Fsp3) is 1.00. The van der Waals surface area contributed by atoms with Crippen LogP contribution in [-0.2, 0) is 0 Å². The number of alkyl halides is 3. The summed E-state index contributed by atoms with van der Waals surface area (Å²) in [6.07, 6.45) is -2.31. The molecule has 1 saturated carbocycles. The van der Waals surface area contributed by atoms with Crippen molar-refractivity contribution in [1.29, 1.82) is 0 Å². The summed E-state index contributed by atoms with van der Waals surface area (Å²) in [6.45, 7) is 5.94. The molecule has 0 aromatic carbocycles. The van der Waals surface area contributed by atoms with Gasteiger partial charge >= 0.3 is 6.18 Å². The van der Waals surface area contributed by atoms with Crippen molar-refractivity contribution in [1.82, 2.24) is 0 Å². The molecule has 0 N–H and O–H groups in total. The maximum Gasteiger partial charge on any atom is 0.391 e. The first-order valence-electron chi connectivity index (χ1n) is 4.60. The lowest BCUT2D eigenvalue weighted by Crippen LogP contribution is -2.35. The van der Waals surface area contributed by atoms with Crippen LogP contribution in [0, 0.1) is 11.8 Å². The van der Waals surface area contributed by atoms with Gasteiger partial charge in [0.2, 0.25) is 0 Å². The summed E-state index contributed by atoms with van der Waals surface area (Å²) in [4.78, 5) is 0. The molecule has 0 saturated heterocycles. The molecule has 0 spiro atoms. The Hall–Kier alpha value is -0.210. The van der Waals surface area contributed by atoms with E-state index in [1.807, 2.05) is 20.8 Å². The minimum atomic E-state index is -3.92. The van der Waals surface area contributed by atoms with Crippen LogP contribution in [0.25, 0.3) is 0 Å². The molecule has 0 amide bonds. The zero-order valence-corrected chi connectivity index (χ0v) is 7.91. The lowest BCUT2D eigenvalue weighted by atomic mass is 9.73. The zero-order chi connectivity index (χ0) is 9.78. The van der Waals surface area contributed by atoms with E-state index >= 15 is 0 Å². The van der Waals surface area contributed by atoms with Crippen LogP contribution in [0.2, 0.25) is 0 Å². The van der Waals surface area contributed by atoms with Gasteiger partial charge < -0.3 is 0 Å². The molecule has 0 heterocycles. The van der Waals surface area contributed by atoms with Crippen molar-refractivity contribution < 1.29 is 13.2 Å². The van der Waals surface area contributed by atoms with Crippen molar-refractivity contribution in [2.24, 2.45) is 11.8 Å². The van der Waals surface area contributed by atoms with Crippen LogP contribution in [-0.4, -0.2) is 6.18 Å². The number of hydrogen-bond acceptors (Lipinski definition) is 0. The van der Waals surface area contributed by atoms with E-state index in [-0.39, 0.29) is 0 Å². The van der Waals surface area contributed by atoms with Gasteiger partial charge in [0.25, 0.3) is 0 Å². The first-order valence-corrected chi connectivity index (χ1v) is 4.60. The maximum absolute atomic E-state index is 11.8. The summed E-state index contributed by atoms with van der Waals surface area (Å²) in [5.41, 5.74) is 0. The molecule has 0 atom stereocenters. The molecule has 0 radical (unpaired) electrons. The second-order valence-corrected chi connectivity index (χ2v) is 2.98. The molecular weight excluding hydrogens is 165 g/mol. The van der Waals surface area contributed by atoms with Gasteiger partial charge in [0, 0.05) is 0 Å². The third-order valence-corrected chi connectivity index (χ3v) is 2.28. The standard InChI is InChI=1S/C7H11F3.C2H6/c1-2-5-3-6(4-5)7(8,9)10;1-2/h5-6H,2-4H2,1H3;1-2H3. The SMILES string of the molecule is CC.CCC1CC(C(F)(F)F)C1. The van der Waals surface area contributed by atoms with Crippen LogP contribution in [0.5, 0.6) is 0 Å². The van der Waals surface area contributed by atoms with Crippen molar-refractivity contribution in [3.63, 3.8) is 0 Å². The van der Waals surface area contributed by atoms with Crippen LogP contribution < -0.4 is 0 Å². The number of rotatable bonds is 1. The number of halogens is 3. The Morgan fingerprint density at radius 3 is 1.83 bits per heavy atom. The largest absolute Gasteiger partial charge is 0.391 e. The van der Waals surface area contributed by atoms with Crippen LogP contribution >= 0.6 is 0 Å². The van der Waals surface area contributed by atoms with E-state index in [0.717, 1.165) is 6.42 Å². The summed E-state index contributed by atoms with van der Waals surface area (Å²) in [6, 6.07) is 0. The Bertz CT molecular complexity index is 111. The smallest absolute Gasteiger partial charge is 0.171 e. The first-order chi connectivity index (χ1) is 5.54. The Balaban J connectivity index is 0.000000561. The quantitative estimate of drug-likeness (QED) is 0.574. The van der Waals surface area contributed by atoms with Crippen molar-refractivity contribution in [2.45, 2.75) is 46.2 Å². The predicted octanol–water partition coefficient (Wildman–Crippen LogP) is 4.01. The lowest BCUT2D eigenvalue weighted by molar-refractivity contribution is -0.204. The molecular formula is C9H17F3. The normalized spacial score (nSPS) is 28.5. The Labute approximate surface area is 72.2 Å². The molecule has 1 rings (SSSR count). The minimum absolute atomic E-state index is 0.339. The van der Waals surface area contributed by atoms with E-state index in [0.29, 0.717) is 18.8 Å². The van der Waals surface area contributed by atoms with Gasteiger partial charge in [0.05, 0.1) is 5.92 Å². The highest BCUT2D eigenvalue weighted by atomic mass is 19.4. The molecule has 0 unspecified atom stereocenters. The van der Waals surface area contributed by atoms with Gasteiger partial charge in [-0.15, -0.1) is 0 Å². The average Bonchev–Trinajstić information content (AvgIpc) is 1.87. The van der Waals surface area contributed by atoms with E-state index < -0.39 is 12.1 Å². The molecule has 0 aromatic rings. The Morgan fingerprint density at radius 2 is 1.58 bits per heavy atom. The van der Waals surface area contributed by atoms with E-state index in [9.17, 15) is 13.2 Å². The third-order valence-electron chi connectivity index (χ3n) is 2.28. The summed E-state index contributed by atoms with van der Waals surface area (Å²) >= 11 is 0. The first kappa shape index (κ1) is 11.8. The third kappa shape index (κ3) is 3.03. The molecule has 3 heteroatoms. The maximum atomic E-state index is 11.8. The van der Waals surface area contributed by atoms with Gasteiger partial charge in [0.1, 0.15) is 0 Å². The van der Waals surface area contributed by atoms with Crippen molar-refractivity contribution >= 4 is 0 Å². The van der Waals surface area contributed by atoms with Gasteiger partial charge in [-0.2, -0.15) is 13.2 Å². The predicted molar refractivity (Wildman–Crippen MR) is 43.9 cm³/mol. The van der Waals surface area contributed by atoms with Gasteiger partial charge in [-0.3, -0.25) is 0 Å². The van der Waals surface area contributed by atoms with Crippen LogP contribution in [0.3, 0.4) is 0 Å². The van der Waals surface area contributed by atoms with E-state index in [1.54, 1.807) is 0 Å². The molecule has 0 aliphatic heterocycles. The van der Waals surface area contributed by atoms with E-state index in [1.165, 1.54) is 0 Å². The second kappa shape index (κ2) is 4.73. The van der Waals surface area contributed by atoms with Gasteiger partial charge in [-0.25, -0.2) is 0 Å². The van der Waals surface area contributed by atoms with Crippen molar-refractivity contribution in [3.8, 4) is 0 Å². The Kier molecular flexibility index (Phi) is 4.64. The van der Waals surface area contributed by atoms with Gasteiger partial charge in [0.15, 0.2) is 0 Å². The summed E-state index contributed by atoms with van der Waals surface area (Å²) in [7, 11) is 0. The van der Waals surface area contributed by atoms with E-state index in [2.05, 4.69) is 0 Å². The fourth-order valence-electron chi connectivity index (χ4n) is 1.34. The monoisotopic (exact) mass is 182 g/mol. The summed E-state index contributed by atoms with van der Waals surface area (Å²) in [5.74, 6) is -0.649. The van der Waals surface area contributed by atoms with Crippen LogP contribution in [0.15, 0.2) is 0 Å². The molecule has 0 bridgehead atoms. The van der Waals surface area contributed by atoms with Crippen LogP contribution in [0.4, 0.5) is 13.2 Å². The summed E-state index contributed by atoms with van der Waals surface area (Å²) in [5, 5.41) is 0.